The second-order valence-corrected chi connectivity index (χ2v) is 4.18. The highest BCUT2D eigenvalue weighted by molar-refractivity contribution is 9.10. The Morgan fingerprint density at radius 1 is 1.46 bits per heavy atom. The molecule has 1 aliphatic rings. The molecule has 0 amide bonds. The van der Waals surface area contributed by atoms with E-state index in [0.29, 0.717) is 6.04 Å². The van der Waals surface area contributed by atoms with E-state index in [1.165, 1.54) is 15.6 Å². The van der Waals surface area contributed by atoms with E-state index < -0.39 is 0 Å². The molecule has 1 aromatic rings. The van der Waals surface area contributed by atoms with E-state index in [-0.39, 0.29) is 12.4 Å². The van der Waals surface area contributed by atoms with Crippen molar-refractivity contribution in [3.63, 3.8) is 0 Å². The first-order chi connectivity index (χ1) is 5.77. The van der Waals surface area contributed by atoms with Crippen molar-refractivity contribution < 1.29 is 0 Å². The number of rotatable bonds is 0. The second kappa shape index (κ2) is 4.45. The molecule has 0 aromatic heterocycles. The molecule has 13 heavy (non-hydrogen) atoms. The van der Waals surface area contributed by atoms with Crippen molar-refractivity contribution in [1.82, 2.24) is 5.32 Å². The maximum Gasteiger partial charge on any atom is 0.0295 e. The van der Waals surface area contributed by atoms with Crippen LogP contribution in [0, 0.1) is 0 Å². The molecular weight excluding hydrogens is 249 g/mol. The van der Waals surface area contributed by atoms with Crippen molar-refractivity contribution in [2.24, 2.45) is 0 Å². The van der Waals surface area contributed by atoms with Crippen LogP contribution in [0.1, 0.15) is 24.1 Å². The Balaban J connectivity index is 0.000000845. The van der Waals surface area contributed by atoms with Gasteiger partial charge in [-0.15, -0.1) is 12.4 Å². The average molecular weight is 263 g/mol. The smallest absolute Gasteiger partial charge is 0.0295 e. The summed E-state index contributed by atoms with van der Waals surface area (Å²) >= 11 is 3.49. The topological polar surface area (TPSA) is 12.0 Å². The number of hydrogen-bond acceptors (Lipinski definition) is 1. The lowest BCUT2D eigenvalue weighted by atomic mass is 9.96. The Morgan fingerprint density at radius 3 is 3.00 bits per heavy atom. The van der Waals surface area contributed by atoms with Gasteiger partial charge < -0.3 is 5.32 Å². The van der Waals surface area contributed by atoms with Gasteiger partial charge in [-0.2, -0.15) is 0 Å². The molecule has 0 spiro atoms. The summed E-state index contributed by atoms with van der Waals surface area (Å²) < 4.78 is 1.18. The van der Waals surface area contributed by atoms with Gasteiger partial charge in [0, 0.05) is 10.5 Å². The number of halogens is 2. The van der Waals surface area contributed by atoms with Gasteiger partial charge in [0.25, 0.3) is 0 Å². The van der Waals surface area contributed by atoms with Crippen molar-refractivity contribution in [1.29, 1.82) is 0 Å². The molecule has 1 atom stereocenters. The van der Waals surface area contributed by atoms with E-state index in [4.69, 9.17) is 0 Å². The molecule has 0 saturated heterocycles. The third kappa shape index (κ3) is 2.25. The van der Waals surface area contributed by atoms with Gasteiger partial charge in [-0.3, -0.25) is 0 Å². The van der Waals surface area contributed by atoms with Crippen molar-refractivity contribution in [2.45, 2.75) is 19.4 Å². The third-order valence-corrected chi connectivity index (χ3v) is 2.91. The van der Waals surface area contributed by atoms with Crippen molar-refractivity contribution in [3.8, 4) is 0 Å². The minimum Gasteiger partial charge on any atom is -0.310 e. The molecule has 1 N–H and O–H groups in total. The molecular formula is C10H13BrClN. The molecule has 1 unspecified atom stereocenters. The molecule has 2 rings (SSSR count). The fourth-order valence-electron chi connectivity index (χ4n) is 1.73. The lowest BCUT2D eigenvalue weighted by Crippen LogP contribution is -2.27. The Kier molecular flexibility index (Phi) is 3.77. The molecule has 0 radical (unpaired) electrons. The van der Waals surface area contributed by atoms with Crippen LogP contribution in [0.25, 0.3) is 0 Å². The van der Waals surface area contributed by atoms with Crippen LogP contribution >= 0.6 is 28.3 Å². The highest BCUT2D eigenvalue weighted by atomic mass is 79.9. The van der Waals surface area contributed by atoms with Gasteiger partial charge >= 0.3 is 0 Å². The van der Waals surface area contributed by atoms with Gasteiger partial charge in [-0.05, 0) is 43.1 Å². The molecule has 1 aliphatic heterocycles. The Bertz CT molecular complexity index is 301. The van der Waals surface area contributed by atoms with Crippen LogP contribution in [0.5, 0.6) is 0 Å². The summed E-state index contributed by atoms with van der Waals surface area (Å²) in [6, 6.07) is 7.06. The summed E-state index contributed by atoms with van der Waals surface area (Å²) in [5, 5.41) is 3.44. The van der Waals surface area contributed by atoms with Crippen molar-refractivity contribution >= 4 is 28.3 Å². The van der Waals surface area contributed by atoms with Gasteiger partial charge in [0.2, 0.25) is 0 Å². The molecule has 0 fully saturated rings. The van der Waals surface area contributed by atoms with Crippen LogP contribution in [0.3, 0.4) is 0 Å². The van der Waals surface area contributed by atoms with Gasteiger partial charge in [0.05, 0.1) is 0 Å². The number of nitrogens with one attached hydrogen (secondary N) is 1. The predicted octanol–water partition coefficient (Wildman–Crippen LogP) is 3.08. The molecule has 1 aromatic carbocycles. The zero-order chi connectivity index (χ0) is 8.55. The summed E-state index contributed by atoms with van der Waals surface area (Å²) in [5.74, 6) is 0. The normalized spacial score (nSPS) is 20.3. The third-order valence-electron chi connectivity index (χ3n) is 2.42. The molecule has 3 heteroatoms. The Labute approximate surface area is 93.5 Å². The number of hydrogen-bond donors (Lipinski definition) is 1. The Hall–Kier alpha value is -0.0500. The first-order valence-electron chi connectivity index (χ1n) is 4.29. The maximum atomic E-state index is 3.49. The zero-order valence-electron chi connectivity index (χ0n) is 7.51. The Morgan fingerprint density at radius 2 is 2.23 bits per heavy atom. The highest BCUT2D eigenvalue weighted by Gasteiger charge is 2.14. The van der Waals surface area contributed by atoms with Crippen LogP contribution in [0.15, 0.2) is 22.7 Å². The maximum absolute atomic E-state index is 3.49. The van der Waals surface area contributed by atoms with E-state index in [9.17, 15) is 0 Å². The summed E-state index contributed by atoms with van der Waals surface area (Å²) in [5.41, 5.74) is 2.93. The first-order valence-corrected chi connectivity index (χ1v) is 5.08. The van der Waals surface area contributed by atoms with Crippen LogP contribution in [-0.2, 0) is 6.42 Å². The second-order valence-electron chi connectivity index (χ2n) is 3.27. The van der Waals surface area contributed by atoms with E-state index in [0.717, 1.165) is 13.0 Å². The number of benzene rings is 1. The van der Waals surface area contributed by atoms with Crippen molar-refractivity contribution in [2.75, 3.05) is 6.54 Å². The van der Waals surface area contributed by atoms with Crippen LogP contribution in [0.2, 0.25) is 0 Å². The van der Waals surface area contributed by atoms with Crippen LogP contribution in [0.4, 0.5) is 0 Å². The SMILES string of the molecule is CC1NCCc2ccc(Br)cc21.Cl. The van der Waals surface area contributed by atoms with E-state index >= 15 is 0 Å². The standard InChI is InChI=1S/C10H12BrN.ClH/c1-7-10-6-9(11)3-2-8(10)4-5-12-7;/h2-3,6-7,12H,4-5H2,1H3;1H. The quantitative estimate of drug-likeness (QED) is 0.758. The van der Waals surface area contributed by atoms with Gasteiger partial charge in [-0.25, -0.2) is 0 Å². The van der Waals surface area contributed by atoms with Crippen LogP contribution < -0.4 is 5.32 Å². The predicted molar refractivity (Wildman–Crippen MR) is 61.5 cm³/mol. The summed E-state index contributed by atoms with van der Waals surface area (Å²) in [7, 11) is 0. The minimum absolute atomic E-state index is 0. The monoisotopic (exact) mass is 261 g/mol. The van der Waals surface area contributed by atoms with E-state index in [1.807, 2.05) is 0 Å². The molecule has 72 valence electrons. The molecule has 0 bridgehead atoms. The molecule has 0 saturated carbocycles. The van der Waals surface area contributed by atoms with E-state index in [1.54, 1.807) is 0 Å². The molecule has 0 aliphatic carbocycles. The number of fused-ring (bicyclic) bond motifs is 1. The lowest BCUT2D eigenvalue weighted by Gasteiger charge is -2.23. The summed E-state index contributed by atoms with van der Waals surface area (Å²) in [6.07, 6.45) is 1.16. The fraction of sp³-hybridized carbons (Fsp3) is 0.400. The largest absolute Gasteiger partial charge is 0.310 e. The zero-order valence-corrected chi connectivity index (χ0v) is 9.91. The van der Waals surface area contributed by atoms with Gasteiger partial charge in [-0.1, -0.05) is 22.0 Å². The van der Waals surface area contributed by atoms with Gasteiger partial charge in [0.1, 0.15) is 0 Å². The molecule has 1 nitrogen and oxygen atoms in total. The van der Waals surface area contributed by atoms with E-state index in [2.05, 4.69) is 46.4 Å². The average Bonchev–Trinajstić information content (AvgIpc) is 2.07. The highest BCUT2D eigenvalue weighted by Crippen LogP contribution is 2.25. The fourth-order valence-corrected chi connectivity index (χ4v) is 2.11. The summed E-state index contributed by atoms with van der Waals surface area (Å²) in [4.78, 5) is 0. The molecule has 1 heterocycles. The summed E-state index contributed by atoms with van der Waals surface area (Å²) in [6.45, 7) is 3.32. The van der Waals surface area contributed by atoms with Crippen LogP contribution in [-0.4, -0.2) is 6.54 Å². The lowest BCUT2D eigenvalue weighted by molar-refractivity contribution is 0.540. The minimum atomic E-state index is 0. The first kappa shape index (κ1) is 11.0. The van der Waals surface area contributed by atoms with Gasteiger partial charge in [0.15, 0.2) is 0 Å². The van der Waals surface area contributed by atoms with Crippen molar-refractivity contribution in [3.05, 3.63) is 33.8 Å².